The third-order valence-electron chi connectivity index (χ3n) is 4.68. The van der Waals surface area contributed by atoms with Crippen LogP contribution >= 0.6 is 34.7 Å². The SMILES string of the molecule is Cc1ccc(NC(=O)CSc2nc3ccc(N=Cc4cc(Cl)ccc4O)cc3s2)c(C)c1. The molecule has 0 unspecified atom stereocenters. The maximum atomic E-state index is 12.4. The Morgan fingerprint density at radius 3 is 2.84 bits per heavy atom. The number of thioether (sulfide) groups is 1. The van der Waals surface area contributed by atoms with Gasteiger partial charge in [0.15, 0.2) is 4.34 Å². The molecule has 0 aliphatic rings. The number of aliphatic imine (C=N–C) groups is 1. The molecule has 8 heteroatoms. The fourth-order valence-electron chi connectivity index (χ4n) is 3.07. The summed E-state index contributed by atoms with van der Waals surface area (Å²) in [6.07, 6.45) is 1.58. The number of thiazole rings is 1. The molecule has 0 spiro atoms. The summed E-state index contributed by atoms with van der Waals surface area (Å²) in [6, 6.07) is 16.5. The highest BCUT2D eigenvalue weighted by Crippen LogP contribution is 2.32. The highest BCUT2D eigenvalue weighted by Gasteiger charge is 2.10. The van der Waals surface area contributed by atoms with Crippen molar-refractivity contribution in [2.45, 2.75) is 18.2 Å². The molecular weight excluding hydrogens is 462 g/mol. The third-order valence-corrected chi connectivity index (χ3v) is 7.07. The van der Waals surface area contributed by atoms with Crippen LogP contribution in [0.1, 0.15) is 16.7 Å². The van der Waals surface area contributed by atoms with Crippen LogP contribution < -0.4 is 5.32 Å². The highest BCUT2D eigenvalue weighted by atomic mass is 35.5. The minimum absolute atomic E-state index is 0.0622. The molecule has 4 aromatic rings. The number of aryl methyl sites for hydroxylation is 2. The van der Waals surface area contributed by atoms with Crippen LogP contribution in [0.2, 0.25) is 5.02 Å². The lowest BCUT2D eigenvalue weighted by molar-refractivity contribution is -0.113. The normalized spacial score (nSPS) is 11.3. The number of fused-ring (bicyclic) bond motifs is 1. The fraction of sp³-hybridized carbons (Fsp3) is 0.125. The van der Waals surface area contributed by atoms with Gasteiger partial charge in [0.05, 0.1) is 21.7 Å². The molecule has 162 valence electrons. The second kappa shape index (κ2) is 9.73. The van der Waals surface area contributed by atoms with Crippen molar-refractivity contribution in [2.75, 3.05) is 11.1 Å². The summed E-state index contributed by atoms with van der Waals surface area (Å²) in [4.78, 5) is 21.4. The maximum absolute atomic E-state index is 12.4. The zero-order valence-electron chi connectivity index (χ0n) is 17.4. The monoisotopic (exact) mass is 481 g/mol. The van der Waals surface area contributed by atoms with E-state index in [9.17, 15) is 9.90 Å². The number of amides is 1. The Morgan fingerprint density at radius 1 is 1.19 bits per heavy atom. The quantitative estimate of drug-likeness (QED) is 0.236. The van der Waals surface area contributed by atoms with Crippen molar-refractivity contribution in [3.8, 4) is 5.75 Å². The number of nitrogens with one attached hydrogen (secondary N) is 1. The number of phenolic OH excluding ortho intramolecular Hbond substituents is 1. The first-order chi connectivity index (χ1) is 15.4. The Bertz CT molecular complexity index is 1330. The van der Waals surface area contributed by atoms with Gasteiger partial charge in [0, 0.05) is 22.5 Å². The number of benzene rings is 3. The molecule has 32 heavy (non-hydrogen) atoms. The predicted octanol–water partition coefficient (Wildman–Crippen LogP) is 6.75. The molecule has 0 atom stereocenters. The van der Waals surface area contributed by atoms with E-state index < -0.39 is 0 Å². The van der Waals surface area contributed by atoms with Crippen molar-refractivity contribution in [1.29, 1.82) is 0 Å². The Kier molecular flexibility index (Phi) is 6.79. The van der Waals surface area contributed by atoms with E-state index in [-0.39, 0.29) is 17.4 Å². The van der Waals surface area contributed by atoms with Crippen LogP contribution in [0.15, 0.2) is 63.9 Å². The van der Waals surface area contributed by atoms with Crippen molar-refractivity contribution in [3.63, 3.8) is 0 Å². The largest absolute Gasteiger partial charge is 0.507 e. The first kappa shape index (κ1) is 22.3. The van der Waals surface area contributed by atoms with Crippen LogP contribution in [-0.4, -0.2) is 28.0 Å². The second-order valence-corrected chi connectivity index (χ2v) is 9.94. The van der Waals surface area contributed by atoms with E-state index >= 15 is 0 Å². The first-order valence-corrected chi connectivity index (χ1v) is 12.0. The van der Waals surface area contributed by atoms with Gasteiger partial charge < -0.3 is 10.4 Å². The number of carbonyl (C=O) groups is 1. The number of nitrogens with zero attached hydrogens (tertiary/aromatic N) is 2. The topological polar surface area (TPSA) is 74.6 Å². The summed E-state index contributed by atoms with van der Waals surface area (Å²) in [6.45, 7) is 4.01. The Balaban J connectivity index is 1.42. The van der Waals surface area contributed by atoms with Crippen LogP contribution in [0.5, 0.6) is 5.75 Å². The number of phenols is 1. The number of halogens is 1. The molecule has 5 nitrogen and oxygen atoms in total. The molecule has 0 aliphatic heterocycles. The molecule has 0 bridgehead atoms. The number of hydrogen-bond acceptors (Lipinski definition) is 6. The van der Waals surface area contributed by atoms with Crippen molar-refractivity contribution in [1.82, 2.24) is 4.98 Å². The van der Waals surface area contributed by atoms with E-state index in [0.29, 0.717) is 10.6 Å². The van der Waals surface area contributed by atoms with E-state index in [1.165, 1.54) is 29.2 Å². The highest BCUT2D eigenvalue weighted by molar-refractivity contribution is 8.01. The van der Waals surface area contributed by atoms with Crippen LogP contribution in [-0.2, 0) is 4.79 Å². The standard InChI is InChI=1S/C24H20ClN3O2S2/c1-14-3-6-19(15(2)9-14)27-23(30)13-31-24-28-20-7-5-18(11-22(20)32-24)26-12-16-10-17(25)4-8-21(16)29/h3-12,29H,13H2,1-2H3,(H,27,30). The number of hydrogen-bond donors (Lipinski definition) is 2. The number of anilines is 1. The van der Waals surface area contributed by atoms with Gasteiger partial charge in [-0.25, -0.2) is 4.98 Å². The van der Waals surface area contributed by atoms with Crippen LogP contribution in [0.25, 0.3) is 10.2 Å². The summed E-state index contributed by atoms with van der Waals surface area (Å²) in [5.74, 6) is 0.342. The first-order valence-electron chi connectivity index (χ1n) is 9.80. The minimum Gasteiger partial charge on any atom is -0.507 e. The number of rotatable bonds is 6. The molecule has 0 saturated carbocycles. The summed E-state index contributed by atoms with van der Waals surface area (Å²) < 4.78 is 1.80. The van der Waals surface area contributed by atoms with E-state index in [1.807, 2.05) is 50.2 Å². The summed E-state index contributed by atoms with van der Waals surface area (Å²) >= 11 is 8.91. The smallest absolute Gasteiger partial charge is 0.234 e. The summed E-state index contributed by atoms with van der Waals surface area (Å²) in [5.41, 5.74) is 5.19. The van der Waals surface area contributed by atoms with Gasteiger partial charge in [-0.1, -0.05) is 41.1 Å². The Morgan fingerprint density at radius 2 is 2.03 bits per heavy atom. The molecule has 1 heterocycles. The molecule has 2 N–H and O–H groups in total. The molecule has 3 aromatic carbocycles. The molecule has 0 aliphatic carbocycles. The van der Waals surface area contributed by atoms with Crippen LogP contribution in [0.3, 0.4) is 0 Å². The van der Waals surface area contributed by atoms with Crippen LogP contribution in [0.4, 0.5) is 11.4 Å². The number of aromatic nitrogens is 1. The van der Waals surface area contributed by atoms with Gasteiger partial charge in [-0.3, -0.25) is 9.79 Å². The van der Waals surface area contributed by atoms with E-state index in [0.717, 1.165) is 37.1 Å². The zero-order chi connectivity index (χ0) is 22.7. The van der Waals surface area contributed by atoms with E-state index in [2.05, 4.69) is 15.3 Å². The lowest BCUT2D eigenvalue weighted by Gasteiger charge is -2.08. The lowest BCUT2D eigenvalue weighted by Crippen LogP contribution is -2.14. The third kappa shape index (κ3) is 5.48. The predicted molar refractivity (Wildman–Crippen MR) is 135 cm³/mol. The lowest BCUT2D eigenvalue weighted by atomic mass is 10.1. The van der Waals surface area contributed by atoms with Crippen LogP contribution in [0, 0.1) is 13.8 Å². The van der Waals surface area contributed by atoms with Gasteiger partial charge in [0.25, 0.3) is 0 Å². The average Bonchev–Trinajstić information content (AvgIpc) is 3.17. The minimum atomic E-state index is -0.0622. The van der Waals surface area contributed by atoms with Crippen molar-refractivity contribution >= 4 is 68.4 Å². The average molecular weight is 482 g/mol. The van der Waals surface area contributed by atoms with E-state index in [1.54, 1.807) is 18.3 Å². The molecule has 1 aromatic heterocycles. The molecule has 0 saturated heterocycles. The molecule has 1 amide bonds. The second-order valence-electron chi connectivity index (χ2n) is 7.25. The van der Waals surface area contributed by atoms with Gasteiger partial charge in [-0.2, -0.15) is 0 Å². The van der Waals surface area contributed by atoms with E-state index in [4.69, 9.17) is 11.6 Å². The fourth-order valence-corrected chi connectivity index (χ4v) is 5.16. The van der Waals surface area contributed by atoms with Crippen molar-refractivity contribution in [3.05, 3.63) is 76.3 Å². The van der Waals surface area contributed by atoms with Gasteiger partial charge in [0.1, 0.15) is 5.75 Å². The Labute approximate surface area is 199 Å². The van der Waals surface area contributed by atoms with Crippen molar-refractivity contribution in [2.24, 2.45) is 4.99 Å². The van der Waals surface area contributed by atoms with Gasteiger partial charge in [0.2, 0.25) is 5.91 Å². The van der Waals surface area contributed by atoms with Crippen molar-refractivity contribution < 1.29 is 9.90 Å². The molecular formula is C24H20ClN3O2S2. The molecule has 4 rings (SSSR count). The van der Waals surface area contributed by atoms with Gasteiger partial charge >= 0.3 is 0 Å². The molecule has 0 fully saturated rings. The summed E-state index contributed by atoms with van der Waals surface area (Å²) in [5, 5.41) is 13.4. The summed E-state index contributed by atoms with van der Waals surface area (Å²) in [7, 11) is 0. The number of carbonyl (C=O) groups excluding carboxylic acids is 1. The zero-order valence-corrected chi connectivity index (χ0v) is 19.8. The molecule has 0 radical (unpaired) electrons. The van der Waals surface area contributed by atoms with Gasteiger partial charge in [-0.05, 0) is 61.9 Å². The maximum Gasteiger partial charge on any atom is 0.234 e. The Hall–Kier alpha value is -2.87. The van der Waals surface area contributed by atoms with Gasteiger partial charge in [-0.15, -0.1) is 11.3 Å². The number of aromatic hydroxyl groups is 1.